The van der Waals surface area contributed by atoms with Gasteiger partial charge >= 0.3 is 0 Å². The first-order valence-corrected chi connectivity index (χ1v) is 5.34. The van der Waals surface area contributed by atoms with Crippen molar-refractivity contribution < 1.29 is 15.3 Å². The number of aliphatic hydroxyl groups excluding tert-OH is 2. The molecule has 0 aliphatic heterocycles. The van der Waals surface area contributed by atoms with Crippen molar-refractivity contribution in [1.29, 1.82) is 5.26 Å². The van der Waals surface area contributed by atoms with Gasteiger partial charge in [-0.25, -0.2) is 0 Å². The van der Waals surface area contributed by atoms with Crippen molar-refractivity contribution in [2.24, 2.45) is 0 Å². The van der Waals surface area contributed by atoms with Gasteiger partial charge in [0.1, 0.15) is 17.9 Å². The first-order chi connectivity index (χ1) is 8.10. The second-order valence-electron chi connectivity index (χ2n) is 3.79. The van der Waals surface area contributed by atoms with E-state index >= 15 is 0 Å². The van der Waals surface area contributed by atoms with Gasteiger partial charge in [0, 0.05) is 0 Å². The van der Waals surface area contributed by atoms with Gasteiger partial charge in [0.25, 0.3) is 0 Å². The van der Waals surface area contributed by atoms with E-state index in [-0.39, 0.29) is 11.3 Å². The van der Waals surface area contributed by atoms with Crippen molar-refractivity contribution >= 4 is 0 Å². The summed E-state index contributed by atoms with van der Waals surface area (Å²) in [5.41, 5.74) is 0.505. The van der Waals surface area contributed by atoms with Gasteiger partial charge in [-0.1, -0.05) is 6.07 Å². The summed E-state index contributed by atoms with van der Waals surface area (Å²) in [6.45, 7) is 0.585. The topological polar surface area (TPSA) is 96.5 Å². The highest BCUT2D eigenvalue weighted by Gasteiger charge is 2.18. The Morgan fingerprint density at radius 3 is 2.71 bits per heavy atom. The molecule has 1 rings (SSSR count). The van der Waals surface area contributed by atoms with Crippen LogP contribution in [0, 0.1) is 11.3 Å². The summed E-state index contributed by atoms with van der Waals surface area (Å²) < 4.78 is 0. The number of nitrogens with one attached hydrogen (secondary N) is 1. The van der Waals surface area contributed by atoms with Gasteiger partial charge in [-0.05, 0) is 37.7 Å². The predicted molar refractivity (Wildman–Crippen MR) is 62.3 cm³/mol. The number of rotatable bonds is 5. The monoisotopic (exact) mass is 236 g/mol. The molecule has 0 fully saturated rings. The fourth-order valence-corrected chi connectivity index (χ4v) is 1.50. The van der Waals surface area contributed by atoms with Gasteiger partial charge in [-0.15, -0.1) is 0 Å². The predicted octanol–water partition coefficient (Wildman–Crippen LogP) is 0.268. The molecule has 0 heterocycles. The van der Waals surface area contributed by atoms with Crippen molar-refractivity contribution in [3.8, 4) is 11.8 Å². The molecule has 2 unspecified atom stereocenters. The average Bonchev–Trinajstić information content (AvgIpc) is 2.35. The molecule has 1 aromatic carbocycles. The molecule has 2 atom stereocenters. The minimum Gasteiger partial charge on any atom is -0.507 e. The highest BCUT2D eigenvalue weighted by Crippen LogP contribution is 2.24. The molecule has 4 N–H and O–H groups in total. The largest absolute Gasteiger partial charge is 0.507 e. The van der Waals surface area contributed by atoms with Gasteiger partial charge in [0.2, 0.25) is 0 Å². The lowest BCUT2D eigenvalue weighted by atomic mass is 10.00. The number of aliphatic hydroxyl groups is 2. The van der Waals surface area contributed by atoms with Crippen LogP contribution in [0.4, 0.5) is 0 Å². The number of nitrogens with zero attached hydrogens (tertiary/aromatic N) is 1. The average molecular weight is 236 g/mol. The molecule has 0 saturated carbocycles. The Hall–Kier alpha value is -1.61. The lowest BCUT2D eigenvalue weighted by molar-refractivity contribution is 0.0140. The van der Waals surface area contributed by atoms with Crippen molar-refractivity contribution in [2.75, 3.05) is 13.6 Å². The normalized spacial score (nSPS) is 14.0. The lowest BCUT2D eigenvalue weighted by Crippen LogP contribution is -2.23. The second kappa shape index (κ2) is 6.21. The summed E-state index contributed by atoms with van der Waals surface area (Å²) in [4.78, 5) is 0. The molecule has 5 heteroatoms. The van der Waals surface area contributed by atoms with Crippen LogP contribution in [-0.4, -0.2) is 35.0 Å². The summed E-state index contributed by atoms with van der Waals surface area (Å²) in [6.07, 6.45) is -1.56. The van der Waals surface area contributed by atoms with Gasteiger partial charge in [-0.3, -0.25) is 0 Å². The highest BCUT2D eigenvalue weighted by molar-refractivity contribution is 5.45. The van der Waals surface area contributed by atoms with E-state index < -0.39 is 12.2 Å². The third kappa shape index (κ3) is 3.43. The van der Waals surface area contributed by atoms with E-state index in [9.17, 15) is 15.3 Å². The summed E-state index contributed by atoms with van der Waals surface area (Å²) >= 11 is 0. The van der Waals surface area contributed by atoms with Crippen LogP contribution in [0.1, 0.15) is 23.7 Å². The van der Waals surface area contributed by atoms with Crippen LogP contribution in [0.15, 0.2) is 18.2 Å². The standard InChI is InChI=1S/C12H16N2O3/c1-14-5-4-11(16)12(17)8-2-3-10(15)9(6-8)7-13/h2-3,6,11-12,14-17H,4-5H2,1H3. The molecule has 0 bridgehead atoms. The third-order valence-electron chi connectivity index (χ3n) is 2.54. The van der Waals surface area contributed by atoms with Crippen LogP contribution in [-0.2, 0) is 0 Å². The van der Waals surface area contributed by atoms with E-state index in [1.54, 1.807) is 7.05 Å². The van der Waals surface area contributed by atoms with Crippen LogP contribution in [0.2, 0.25) is 0 Å². The number of nitriles is 1. The Morgan fingerprint density at radius 1 is 1.41 bits per heavy atom. The van der Waals surface area contributed by atoms with E-state index in [0.717, 1.165) is 0 Å². The lowest BCUT2D eigenvalue weighted by Gasteiger charge is -2.18. The Balaban J connectivity index is 2.82. The van der Waals surface area contributed by atoms with Crippen LogP contribution in [0.3, 0.4) is 0 Å². The van der Waals surface area contributed by atoms with Crippen molar-refractivity contribution in [3.63, 3.8) is 0 Å². The van der Waals surface area contributed by atoms with Crippen LogP contribution in [0.25, 0.3) is 0 Å². The maximum absolute atomic E-state index is 9.86. The molecule has 0 radical (unpaired) electrons. The van der Waals surface area contributed by atoms with Gasteiger partial charge in [-0.2, -0.15) is 5.26 Å². The summed E-state index contributed by atoms with van der Waals surface area (Å²) in [5.74, 6) is -0.131. The molecule has 0 amide bonds. The first-order valence-electron chi connectivity index (χ1n) is 5.34. The molecule has 1 aromatic rings. The fourth-order valence-electron chi connectivity index (χ4n) is 1.50. The Kier molecular flexibility index (Phi) is 4.91. The highest BCUT2D eigenvalue weighted by atomic mass is 16.3. The second-order valence-corrected chi connectivity index (χ2v) is 3.79. The number of aromatic hydroxyl groups is 1. The van der Waals surface area contributed by atoms with Gasteiger partial charge < -0.3 is 20.6 Å². The SMILES string of the molecule is CNCCC(O)C(O)c1ccc(O)c(C#N)c1. The molecule has 5 nitrogen and oxygen atoms in total. The molecule has 92 valence electrons. The van der Waals surface area contributed by atoms with Crippen molar-refractivity contribution in [3.05, 3.63) is 29.3 Å². The smallest absolute Gasteiger partial charge is 0.133 e. The van der Waals surface area contributed by atoms with E-state index in [1.165, 1.54) is 18.2 Å². The number of hydrogen-bond donors (Lipinski definition) is 4. The Bertz CT molecular complexity index is 415. The fraction of sp³-hybridized carbons (Fsp3) is 0.417. The molecule has 17 heavy (non-hydrogen) atoms. The minimum atomic E-state index is -1.06. The Morgan fingerprint density at radius 2 is 2.12 bits per heavy atom. The van der Waals surface area contributed by atoms with E-state index in [4.69, 9.17) is 5.26 Å². The molecular weight excluding hydrogens is 220 g/mol. The maximum atomic E-state index is 9.86. The van der Waals surface area contributed by atoms with Crippen molar-refractivity contribution in [2.45, 2.75) is 18.6 Å². The summed E-state index contributed by atoms with van der Waals surface area (Å²) in [7, 11) is 1.76. The number of benzene rings is 1. The number of hydrogen-bond acceptors (Lipinski definition) is 5. The Labute approximate surface area is 99.9 Å². The van der Waals surface area contributed by atoms with Crippen LogP contribution in [0.5, 0.6) is 5.75 Å². The van der Waals surface area contributed by atoms with E-state index in [2.05, 4.69) is 5.32 Å². The quantitative estimate of drug-likeness (QED) is 0.588. The van der Waals surface area contributed by atoms with Crippen LogP contribution < -0.4 is 5.32 Å². The molecule has 0 aliphatic rings. The number of phenolic OH excluding ortho intramolecular Hbond substituents is 1. The minimum absolute atomic E-state index is 0.0855. The summed E-state index contributed by atoms with van der Waals surface area (Å²) in [5, 5.41) is 40.5. The summed E-state index contributed by atoms with van der Waals surface area (Å²) in [6, 6.07) is 6.02. The zero-order valence-corrected chi connectivity index (χ0v) is 9.59. The maximum Gasteiger partial charge on any atom is 0.133 e. The molecular formula is C12H16N2O3. The first kappa shape index (κ1) is 13.5. The zero-order valence-electron chi connectivity index (χ0n) is 9.59. The molecule has 0 saturated heterocycles. The van der Waals surface area contributed by atoms with Gasteiger partial charge in [0.05, 0.1) is 11.7 Å². The third-order valence-corrected chi connectivity index (χ3v) is 2.54. The van der Waals surface area contributed by atoms with Crippen molar-refractivity contribution in [1.82, 2.24) is 5.32 Å². The van der Waals surface area contributed by atoms with E-state index in [1.807, 2.05) is 6.07 Å². The van der Waals surface area contributed by atoms with Crippen LogP contribution >= 0.6 is 0 Å². The van der Waals surface area contributed by atoms with E-state index in [0.29, 0.717) is 18.5 Å². The molecule has 0 aliphatic carbocycles. The zero-order chi connectivity index (χ0) is 12.8. The van der Waals surface area contributed by atoms with Gasteiger partial charge in [0.15, 0.2) is 0 Å². The molecule has 0 spiro atoms. The molecule has 0 aromatic heterocycles. The number of phenols is 1.